The van der Waals surface area contributed by atoms with Gasteiger partial charge in [0.25, 0.3) is 0 Å². The zero-order valence-corrected chi connectivity index (χ0v) is 10.1. The number of rotatable bonds is 1. The molecule has 0 radical (unpaired) electrons. The maximum absolute atomic E-state index is 12.4. The van der Waals surface area contributed by atoms with E-state index in [-0.39, 0.29) is 0 Å². The van der Waals surface area contributed by atoms with Gasteiger partial charge in [0.15, 0.2) is 0 Å². The first-order valence-electron chi connectivity index (χ1n) is 5.10. The predicted octanol–water partition coefficient (Wildman–Crippen LogP) is 4.07. The van der Waals surface area contributed by atoms with Gasteiger partial charge in [0, 0.05) is 17.6 Å². The Morgan fingerprint density at radius 3 is 2.25 bits per heavy atom. The summed E-state index contributed by atoms with van der Waals surface area (Å²) in [4.78, 5) is 2.10. The molecule has 1 aliphatic rings. The second-order valence-electron chi connectivity index (χ2n) is 3.86. The first-order valence-corrected chi connectivity index (χ1v) is 5.89. The lowest BCUT2D eigenvalue weighted by Gasteiger charge is -2.20. The Labute approximate surface area is 100 Å². The summed E-state index contributed by atoms with van der Waals surface area (Å²) in [5.74, 6) is 0. The molecule has 16 heavy (non-hydrogen) atoms. The maximum Gasteiger partial charge on any atom is 0.416 e. The van der Waals surface area contributed by atoms with Crippen LogP contribution in [0.2, 0.25) is 0 Å². The zero-order chi connectivity index (χ0) is 11.8. The summed E-state index contributed by atoms with van der Waals surface area (Å²) >= 11 is 3.21. The van der Waals surface area contributed by atoms with Crippen LogP contribution in [0, 0.1) is 0 Å². The van der Waals surface area contributed by atoms with Gasteiger partial charge in [-0.2, -0.15) is 13.2 Å². The van der Waals surface area contributed by atoms with Crippen LogP contribution in [-0.4, -0.2) is 13.1 Å². The Bertz CT molecular complexity index is 383. The summed E-state index contributed by atoms with van der Waals surface area (Å²) in [6.45, 7) is 1.84. The van der Waals surface area contributed by atoms with Crippen molar-refractivity contribution >= 4 is 21.6 Å². The van der Waals surface area contributed by atoms with Gasteiger partial charge in [-0.05, 0) is 47.0 Å². The van der Waals surface area contributed by atoms with E-state index >= 15 is 0 Å². The molecule has 88 valence electrons. The molecule has 0 spiro atoms. The van der Waals surface area contributed by atoms with Crippen molar-refractivity contribution in [3.63, 3.8) is 0 Å². The number of hydrogen-bond donors (Lipinski definition) is 0. The fourth-order valence-corrected chi connectivity index (χ4v) is 2.53. The molecule has 1 aliphatic heterocycles. The Balaban J connectivity index is 2.29. The van der Waals surface area contributed by atoms with Gasteiger partial charge in [-0.1, -0.05) is 0 Å². The molecular formula is C11H11BrF3N. The van der Waals surface area contributed by atoms with Crippen molar-refractivity contribution in [1.29, 1.82) is 0 Å². The van der Waals surface area contributed by atoms with E-state index in [1.54, 1.807) is 0 Å². The van der Waals surface area contributed by atoms with Crippen LogP contribution in [0.1, 0.15) is 18.4 Å². The van der Waals surface area contributed by atoms with Crippen LogP contribution < -0.4 is 4.90 Å². The monoisotopic (exact) mass is 293 g/mol. The van der Waals surface area contributed by atoms with Crippen molar-refractivity contribution in [3.8, 4) is 0 Å². The van der Waals surface area contributed by atoms with Crippen LogP contribution in [0.15, 0.2) is 22.7 Å². The normalized spacial score (nSPS) is 16.9. The van der Waals surface area contributed by atoms with Crippen molar-refractivity contribution < 1.29 is 13.2 Å². The SMILES string of the molecule is FC(F)(F)c1ccc(N2CCCC2)c(Br)c1. The molecule has 1 nitrogen and oxygen atoms in total. The molecule has 0 saturated carbocycles. The molecule has 0 bridgehead atoms. The standard InChI is InChI=1S/C11H11BrF3N/c12-9-7-8(11(13,14)15)3-4-10(9)16-5-1-2-6-16/h3-4,7H,1-2,5-6H2. The van der Waals surface area contributed by atoms with Crippen molar-refractivity contribution in [3.05, 3.63) is 28.2 Å². The number of hydrogen-bond acceptors (Lipinski definition) is 1. The first kappa shape index (κ1) is 11.8. The predicted molar refractivity (Wildman–Crippen MR) is 60.6 cm³/mol. The molecule has 1 heterocycles. The van der Waals surface area contributed by atoms with Gasteiger partial charge in [-0.25, -0.2) is 0 Å². The van der Waals surface area contributed by atoms with Crippen LogP contribution >= 0.6 is 15.9 Å². The third-order valence-electron chi connectivity index (χ3n) is 2.72. The third kappa shape index (κ3) is 2.34. The second kappa shape index (κ2) is 4.28. The zero-order valence-electron chi connectivity index (χ0n) is 8.52. The van der Waals surface area contributed by atoms with E-state index in [0.29, 0.717) is 4.47 Å². The minimum atomic E-state index is -4.27. The van der Waals surface area contributed by atoms with Crippen molar-refractivity contribution in [2.45, 2.75) is 19.0 Å². The number of nitrogens with zero attached hydrogens (tertiary/aromatic N) is 1. The van der Waals surface area contributed by atoms with E-state index < -0.39 is 11.7 Å². The van der Waals surface area contributed by atoms with Gasteiger partial charge in [0.1, 0.15) is 0 Å². The Hall–Kier alpha value is -0.710. The highest BCUT2D eigenvalue weighted by Gasteiger charge is 2.31. The number of halogens is 4. The molecule has 0 N–H and O–H groups in total. The van der Waals surface area contributed by atoms with Crippen LogP contribution in [0.25, 0.3) is 0 Å². The molecule has 0 atom stereocenters. The maximum atomic E-state index is 12.4. The van der Waals surface area contributed by atoms with Gasteiger partial charge in [0.2, 0.25) is 0 Å². The lowest BCUT2D eigenvalue weighted by atomic mass is 10.2. The molecule has 0 aromatic heterocycles. The molecule has 1 saturated heterocycles. The lowest BCUT2D eigenvalue weighted by Crippen LogP contribution is -2.18. The topological polar surface area (TPSA) is 3.24 Å². The van der Waals surface area contributed by atoms with Crippen molar-refractivity contribution in [2.75, 3.05) is 18.0 Å². The fraction of sp³-hybridized carbons (Fsp3) is 0.455. The first-order chi connectivity index (χ1) is 7.48. The molecule has 1 aromatic carbocycles. The minimum Gasteiger partial charge on any atom is -0.371 e. The van der Waals surface area contributed by atoms with Crippen molar-refractivity contribution in [1.82, 2.24) is 0 Å². The Morgan fingerprint density at radius 1 is 1.12 bits per heavy atom. The number of anilines is 1. The quantitative estimate of drug-likeness (QED) is 0.754. The van der Waals surface area contributed by atoms with E-state index in [0.717, 1.165) is 43.8 Å². The fourth-order valence-electron chi connectivity index (χ4n) is 1.90. The summed E-state index contributed by atoms with van der Waals surface area (Å²) in [5.41, 5.74) is 0.243. The molecule has 1 fully saturated rings. The summed E-state index contributed by atoms with van der Waals surface area (Å²) in [5, 5.41) is 0. The Morgan fingerprint density at radius 2 is 1.75 bits per heavy atom. The van der Waals surface area contributed by atoms with Crippen LogP contribution in [0.5, 0.6) is 0 Å². The van der Waals surface area contributed by atoms with E-state index in [1.807, 2.05) is 0 Å². The van der Waals surface area contributed by atoms with E-state index in [9.17, 15) is 13.2 Å². The second-order valence-corrected chi connectivity index (χ2v) is 4.71. The highest BCUT2D eigenvalue weighted by Crippen LogP contribution is 2.36. The van der Waals surface area contributed by atoms with E-state index in [2.05, 4.69) is 20.8 Å². The van der Waals surface area contributed by atoms with E-state index in [1.165, 1.54) is 6.07 Å². The summed E-state index contributed by atoms with van der Waals surface area (Å²) in [6, 6.07) is 3.82. The Kier molecular flexibility index (Phi) is 3.15. The molecule has 0 aliphatic carbocycles. The highest BCUT2D eigenvalue weighted by molar-refractivity contribution is 9.10. The van der Waals surface area contributed by atoms with Crippen LogP contribution in [-0.2, 0) is 6.18 Å². The summed E-state index contributed by atoms with van der Waals surface area (Å²) < 4.78 is 37.8. The third-order valence-corrected chi connectivity index (χ3v) is 3.36. The molecule has 0 unspecified atom stereocenters. The van der Waals surface area contributed by atoms with E-state index in [4.69, 9.17) is 0 Å². The molecule has 2 rings (SSSR count). The molecular weight excluding hydrogens is 283 g/mol. The number of alkyl halides is 3. The van der Waals surface area contributed by atoms with Gasteiger partial charge in [0.05, 0.1) is 11.3 Å². The van der Waals surface area contributed by atoms with Crippen LogP contribution in [0.3, 0.4) is 0 Å². The minimum absolute atomic E-state index is 0.518. The average Bonchev–Trinajstić information content (AvgIpc) is 2.69. The van der Waals surface area contributed by atoms with Gasteiger partial charge >= 0.3 is 6.18 Å². The molecule has 5 heteroatoms. The lowest BCUT2D eigenvalue weighted by molar-refractivity contribution is -0.137. The van der Waals surface area contributed by atoms with Gasteiger partial charge < -0.3 is 4.90 Å². The van der Waals surface area contributed by atoms with Crippen LogP contribution in [0.4, 0.5) is 18.9 Å². The number of benzene rings is 1. The summed E-state index contributed by atoms with van der Waals surface area (Å²) in [6.07, 6.45) is -2.06. The molecule has 0 amide bonds. The molecule has 1 aromatic rings. The smallest absolute Gasteiger partial charge is 0.371 e. The van der Waals surface area contributed by atoms with Gasteiger partial charge in [-0.15, -0.1) is 0 Å². The van der Waals surface area contributed by atoms with Crippen molar-refractivity contribution in [2.24, 2.45) is 0 Å². The highest BCUT2D eigenvalue weighted by atomic mass is 79.9. The average molecular weight is 294 g/mol. The largest absolute Gasteiger partial charge is 0.416 e. The summed E-state index contributed by atoms with van der Waals surface area (Å²) in [7, 11) is 0. The van der Waals surface area contributed by atoms with Gasteiger partial charge in [-0.3, -0.25) is 0 Å².